The van der Waals surface area contributed by atoms with Gasteiger partial charge in [0.25, 0.3) is 0 Å². The van der Waals surface area contributed by atoms with Crippen LogP contribution in [0.15, 0.2) is 24.3 Å². The van der Waals surface area contributed by atoms with Gasteiger partial charge in [0.1, 0.15) is 5.75 Å². The quantitative estimate of drug-likeness (QED) is 0.625. The summed E-state index contributed by atoms with van der Waals surface area (Å²) < 4.78 is 5.28. The fourth-order valence-corrected chi connectivity index (χ4v) is 1.69. The van der Waals surface area contributed by atoms with Crippen LogP contribution < -0.4 is 20.3 Å². The van der Waals surface area contributed by atoms with Gasteiger partial charge in [0, 0.05) is 12.1 Å². The highest BCUT2D eigenvalue weighted by Crippen LogP contribution is 2.16. The number of thiocarbonyl (C=S) groups is 1. The lowest BCUT2D eigenvalue weighted by atomic mass is 10.2. The smallest absolute Gasteiger partial charge is 0.166 e. The number of para-hydroxylation sites is 1. The van der Waals surface area contributed by atoms with Crippen molar-refractivity contribution in [1.82, 2.24) is 10.6 Å². The van der Waals surface area contributed by atoms with Crippen LogP contribution in [0.1, 0.15) is 5.56 Å². The summed E-state index contributed by atoms with van der Waals surface area (Å²) in [6.07, 6.45) is 0. The van der Waals surface area contributed by atoms with E-state index in [1.165, 1.54) is 4.90 Å². The topological polar surface area (TPSA) is 37.7 Å². The van der Waals surface area contributed by atoms with Crippen LogP contribution in [-0.2, 0) is 6.54 Å². The average Bonchev–Trinajstić information content (AvgIpc) is 2.36. The molecule has 0 saturated carbocycles. The zero-order valence-electron chi connectivity index (χ0n) is 11.2. The summed E-state index contributed by atoms with van der Waals surface area (Å²) in [6, 6.07) is 7.92. The molecule has 0 radical (unpaired) electrons. The molecule has 4 nitrogen and oxygen atoms in total. The van der Waals surface area contributed by atoms with Gasteiger partial charge in [-0.2, -0.15) is 0 Å². The van der Waals surface area contributed by atoms with Gasteiger partial charge in [-0.1, -0.05) is 18.2 Å². The molecule has 0 aromatic heterocycles. The first kappa shape index (κ1) is 14.7. The molecule has 1 aromatic rings. The number of likely N-dealkylation sites (N-methyl/N-ethyl adjacent to an activating group) is 1. The Kier molecular flexibility index (Phi) is 6.46. The highest BCUT2D eigenvalue weighted by atomic mass is 32.1. The van der Waals surface area contributed by atoms with Crippen molar-refractivity contribution in [2.75, 3.05) is 34.3 Å². The zero-order chi connectivity index (χ0) is 13.4. The summed E-state index contributed by atoms with van der Waals surface area (Å²) in [5.74, 6) is 0.880. The van der Waals surface area contributed by atoms with E-state index in [-0.39, 0.29) is 0 Å². The number of hydrogen-bond donors (Lipinski definition) is 3. The summed E-state index contributed by atoms with van der Waals surface area (Å²) in [7, 11) is 5.91. The lowest BCUT2D eigenvalue weighted by molar-refractivity contribution is -0.856. The summed E-state index contributed by atoms with van der Waals surface area (Å²) >= 11 is 5.21. The van der Waals surface area contributed by atoms with Gasteiger partial charge in [-0.25, -0.2) is 0 Å². The van der Waals surface area contributed by atoms with Gasteiger partial charge in [0.15, 0.2) is 5.11 Å². The van der Waals surface area contributed by atoms with E-state index in [9.17, 15) is 0 Å². The molecule has 0 amide bonds. The first-order valence-electron chi connectivity index (χ1n) is 6.06. The molecule has 0 bridgehead atoms. The third-order valence-corrected chi connectivity index (χ3v) is 2.83. The molecule has 5 heteroatoms. The van der Waals surface area contributed by atoms with Crippen LogP contribution in [0.5, 0.6) is 5.75 Å². The molecule has 100 valence electrons. The van der Waals surface area contributed by atoms with Crippen LogP contribution in [-0.4, -0.2) is 39.4 Å². The van der Waals surface area contributed by atoms with Crippen LogP contribution in [0.25, 0.3) is 0 Å². The summed E-state index contributed by atoms with van der Waals surface area (Å²) in [5.41, 5.74) is 1.10. The monoisotopic (exact) mass is 268 g/mol. The number of rotatable bonds is 6. The van der Waals surface area contributed by atoms with Gasteiger partial charge < -0.3 is 20.3 Å². The molecule has 0 atom stereocenters. The molecule has 0 aliphatic rings. The Morgan fingerprint density at radius 1 is 1.28 bits per heavy atom. The predicted octanol–water partition coefficient (Wildman–Crippen LogP) is -0.196. The first-order chi connectivity index (χ1) is 8.63. The van der Waals surface area contributed by atoms with Crippen LogP contribution in [0, 0.1) is 0 Å². The van der Waals surface area contributed by atoms with Crippen molar-refractivity contribution in [2.45, 2.75) is 6.54 Å². The second-order valence-electron chi connectivity index (χ2n) is 4.38. The maximum absolute atomic E-state index is 5.28. The Hall–Kier alpha value is -1.33. The standard InChI is InChI=1S/C13H21N3OS/c1-16(2)9-8-14-13(18)15-10-11-6-4-5-7-12(11)17-3/h4-7H,8-10H2,1-3H3,(H2,14,15,18)/p+1. The second-order valence-corrected chi connectivity index (χ2v) is 4.79. The van der Waals surface area contributed by atoms with Crippen LogP contribution in [0.4, 0.5) is 0 Å². The third-order valence-electron chi connectivity index (χ3n) is 2.54. The molecule has 0 saturated heterocycles. The minimum atomic E-state index is 0.671. The van der Waals surface area contributed by atoms with Crippen molar-refractivity contribution < 1.29 is 9.64 Å². The lowest BCUT2D eigenvalue weighted by Gasteiger charge is -2.13. The van der Waals surface area contributed by atoms with E-state index in [0.29, 0.717) is 11.7 Å². The SMILES string of the molecule is COc1ccccc1CNC(=S)NCC[NH+](C)C. The van der Waals surface area contributed by atoms with Crippen molar-refractivity contribution in [2.24, 2.45) is 0 Å². The Morgan fingerprint density at radius 3 is 2.67 bits per heavy atom. The highest BCUT2D eigenvalue weighted by molar-refractivity contribution is 7.80. The molecule has 0 heterocycles. The lowest BCUT2D eigenvalue weighted by Crippen LogP contribution is -3.06. The van der Waals surface area contributed by atoms with E-state index < -0.39 is 0 Å². The maximum Gasteiger partial charge on any atom is 0.166 e. The van der Waals surface area contributed by atoms with Gasteiger partial charge in [0.05, 0.1) is 34.3 Å². The number of nitrogens with one attached hydrogen (secondary N) is 3. The number of quaternary nitrogens is 1. The zero-order valence-corrected chi connectivity index (χ0v) is 12.1. The van der Waals surface area contributed by atoms with Gasteiger partial charge >= 0.3 is 0 Å². The van der Waals surface area contributed by atoms with Crippen molar-refractivity contribution in [1.29, 1.82) is 0 Å². The van der Waals surface area contributed by atoms with Crippen molar-refractivity contribution in [3.05, 3.63) is 29.8 Å². The van der Waals surface area contributed by atoms with Gasteiger partial charge in [-0.05, 0) is 18.3 Å². The number of benzene rings is 1. The van der Waals surface area contributed by atoms with Crippen LogP contribution >= 0.6 is 12.2 Å². The first-order valence-corrected chi connectivity index (χ1v) is 6.47. The average molecular weight is 268 g/mol. The number of hydrogen-bond acceptors (Lipinski definition) is 2. The van der Waals surface area contributed by atoms with Crippen molar-refractivity contribution in [3.8, 4) is 5.75 Å². The van der Waals surface area contributed by atoms with Crippen LogP contribution in [0.2, 0.25) is 0 Å². The van der Waals surface area contributed by atoms with E-state index in [4.69, 9.17) is 17.0 Å². The molecule has 0 aliphatic heterocycles. The van der Waals surface area contributed by atoms with Gasteiger partial charge in [-0.3, -0.25) is 0 Å². The number of ether oxygens (including phenoxy) is 1. The molecule has 0 aliphatic carbocycles. The molecule has 1 rings (SSSR count). The predicted molar refractivity (Wildman–Crippen MR) is 78.1 cm³/mol. The van der Waals surface area contributed by atoms with Gasteiger partial charge in [0.2, 0.25) is 0 Å². The summed E-state index contributed by atoms with van der Waals surface area (Å²) in [4.78, 5) is 1.40. The van der Waals surface area contributed by atoms with E-state index in [1.54, 1.807) is 7.11 Å². The van der Waals surface area contributed by atoms with E-state index in [0.717, 1.165) is 24.4 Å². The van der Waals surface area contributed by atoms with Crippen LogP contribution in [0.3, 0.4) is 0 Å². The molecule has 18 heavy (non-hydrogen) atoms. The van der Waals surface area contributed by atoms with Crippen molar-refractivity contribution >= 4 is 17.3 Å². The minimum absolute atomic E-state index is 0.671. The highest BCUT2D eigenvalue weighted by Gasteiger charge is 2.02. The molecular weight excluding hydrogens is 246 g/mol. The Balaban J connectivity index is 2.33. The Bertz CT molecular complexity index is 382. The largest absolute Gasteiger partial charge is 0.496 e. The van der Waals surface area contributed by atoms with E-state index >= 15 is 0 Å². The van der Waals surface area contributed by atoms with Gasteiger partial charge in [-0.15, -0.1) is 0 Å². The second kappa shape index (κ2) is 7.89. The normalized spacial score (nSPS) is 10.2. The van der Waals surface area contributed by atoms with Crippen molar-refractivity contribution in [3.63, 3.8) is 0 Å². The molecule has 3 N–H and O–H groups in total. The Morgan fingerprint density at radius 2 is 2.00 bits per heavy atom. The van der Waals surface area contributed by atoms with E-state index in [1.807, 2.05) is 24.3 Å². The molecule has 0 unspecified atom stereocenters. The number of methoxy groups -OCH3 is 1. The van der Waals surface area contributed by atoms with E-state index in [2.05, 4.69) is 24.7 Å². The fourth-order valence-electron chi connectivity index (χ4n) is 1.51. The Labute approximate surface area is 114 Å². The molecule has 1 aromatic carbocycles. The third kappa shape index (κ3) is 5.33. The molecular formula is C13H22N3OS+. The molecule has 0 fully saturated rings. The fraction of sp³-hybridized carbons (Fsp3) is 0.462. The summed E-state index contributed by atoms with van der Waals surface area (Å²) in [6.45, 7) is 2.58. The molecule has 0 spiro atoms. The minimum Gasteiger partial charge on any atom is -0.496 e. The summed E-state index contributed by atoms with van der Waals surface area (Å²) in [5, 5.41) is 7.04. The maximum atomic E-state index is 5.28.